The van der Waals surface area contributed by atoms with Crippen molar-refractivity contribution in [1.29, 1.82) is 0 Å². The average molecular weight is 300 g/mol. The second kappa shape index (κ2) is 6.48. The van der Waals surface area contributed by atoms with Crippen LogP contribution in [0.15, 0.2) is 36.4 Å². The number of nitrogens with two attached hydrogens (primary N) is 1. The van der Waals surface area contributed by atoms with Crippen LogP contribution < -0.4 is 5.73 Å². The van der Waals surface area contributed by atoms with E-state index in [0.717, 1.165) is 4.88 Å². The highest BCUT2D eigenvalue weighted by atomic mass is 35.5. The van der Waals surface area contributed by atoms with E-state index in [1.54, 1.807) is 18.2 Å². The Labute approximate surface area is 121 Å². The molecule has 2 rings (SSSR count). The molecule has 0 aliphatic heterocycles. The zero-order chi connectivity index (χ0) is 13.8. The molecule has 102 valence electrons. The summed E-state index contributed by atoms with van der Waals surface area (Å²) in [4.78, 5) is 0.955. The molecular weight excluding hydrogens is 285 g/mol. The predicted molar refractivity (Wildman–Crippen MR) is 76.9 cm³/mol. The number of rotatable bonds is 5. The molecule has 1 aromatic carbocycles. The van der Waals surface area contributed by atoms with Crippen molar-refractivity contribution in [3.05, 3.63) is 57.0 Å². The van der Waals surface area contributed by atoms with Crippen LogP contribution >= 0.6 is 22.9 Å². The van der Waals surface area contributed by atoms with Crippen LogP contribution in [0.3, 0.4) is 0 Å². The molecule has 2 aromatic rings. The molecule has 0 radical (unpaired) electrons. The lowest BCUT2D eigenvalue weighted by atomic mass is 10.1. The van der Waals surface area contributed by atoms with Crippen molar-refractivity contribution < 1.29 is 9.13 Å². The fourth-order valence-corrected chi connectivity index (χ4v) is 3.00. The maximum atomic E-state index is 13.5. The van der Waals surface area contributed by atoms with E-state index in [4.69, 9.17) is 22.1 Å². The summed E-state index contributed by atoms with van der Waals surface area (Å²) in [6, 6.07) is 10.1. The van der Waals surface area contributed by atoms with Gasteiger partial charge in [0.05, 0.1) is 10.9 Å². The summed E-state index contributed by atoms with van der Waals surface area (Å²) in [7, 11) is 0. The molecule has 2 unspecified atom stereocenters. The summed E-state index contributed by atoms with van der Waals surface area (Å²) in [6.07, 6.45) is -0.280. The third-order valence-electron chi connectivity index (χ3n) is 2.73. The summed E-state index contributed by atoms with van der Waals surface area (Å²) in [6.45, 7) is 2.05. The van der Waals surface area contributed by atoms with Gasteiger partial charge in [0.2, 0.25) is 0 Å². The molecule has 0 bridgehead atoms. The maximum absolute atomic E-state index is 13.5. The number of hydrogen-bond donors (Lipinski definition) is 1. The number of benzene rings is 1. The van der Waals surface area contributed by atoms with Crippen LogP contribution in [-0.2, 0) is 11.3 Å². The fraction of sp³-hybridized carbons (Fsp3) is 0.286. The molecule has 0 aliphatic rings. The lowest BCUT2D eigenvalue weighted by molar-refractivity contribution is 0.0268. The van der Waals surface area contributed by atoms with E-state index in [9.17, 15) is 4.39 Å². The van der Waals surface area contributed by atoms with E-state index in [1.807, 2.05) is 19.1 Å². The Kier molecular flexibility index (Phi) is 4.93. The fourth-order valence-electron chi connectivity index (χ4n) is 1.77. The molecule has 2 nitrogen and oxygen atoms in total. The second-order valence-electron chi connectivity index (χ2n) is 4.32. The first-order valence-electron chi connectivity index (χ1n) is 5.93. The summed E-state index contributed by atoms with van der Waals surface area (Å²) in [5, 5.41) is 0. The maximum Gasteiger partial charge on any atom is 0.128 e. The summed E-state index contributed by atoms with van der Waals surface area (Å²) in [5.74, 6) is -0.268. The minimum atomic E-state index is -0.280. The van der Waals surface area contributed by atoms with Crippen molar-refractivity contribution in [3.63, 3.8) is 0 Å². The van der Waals surface area contributed by atoms with Crippen LogP contribution in [0.25, 0.3) is 0 Å². The van der Waals surface area contributed by atoms with E-state index in [2.05, 4.69) is 0 Å². The highest BCUT2D eigenvalue weighted by Crippen LogP contribution is 2.31. The third kappa shape index (κ3) is 3.76. The topological polar surface area (TPSA) is 35.2 Å². The van der Waals surface area contributed by atoms with Crippen molar-refractivity contribution in [3.8, 4) is 0 Å². The van der Waals surface area contributed by atoms with E-state index < -0.39 is 0 Å². The summed E-state index contributed by atoms with van der Waals surface area (Å²) < 4.78 is 20.0. The van der Waals surface area contributed by atoms with Gasteiger partial charge in [-0.3, -0.25) is 0 Å². The van der Waals surface area contributed by atoms with Crippen LogP contribution in [0.5, 0.6) is 0 Å². The standard InChI is InChI=1S/C14H15ClFNOS/c1-9(17)14(12-6-7-13(15)19-12)18-8-10-4-2-3-5-11(10)16/h2-7,9,14H,8,17H2,1H3. The Balaban J connectivity index is 2.08. The number of hydrogen-bond acceptors (Lipinski definition) is 3. The smallest absolute Gasteiger partial charge is 0.128 e. The second-order valence-corrected chi connectivity index (χ2v) is 6.07. The Morgan fingerprint density at radius 3 is 2.63 bits per heavy atom. The SMILES string of the molecule is CC(N)C(OCc1ccccc1F)c1ccc(Cl)s1. The van der Waals surface area contributed by atoms with Crippen molar-refractivity contribution in [2.75, 3.05) is 0 Å². The van der Waals surface area contributed by atoms with Gasteiger partial charge in [-0.05, 0) is 25.1 Å². The molecule has 2 atom stereocenters. The van der Waals surface area contributed by atoms with Gasteiger partial charge in [0.15, 0.2) is 0 Å². The van der Waals surface area contributed by atoms with Crippen LogP contribution in [0.4, 0.5) is 4.39 Å². The van der Waals surface area contributed by atoms with Crippen LogP contribution in [-0.4, -0.2) is 6.04 Å². The van der Waals surface area contributed by atoms with Gasteiger partial charge < -0.3 is 10.5 Å². The van der Waals surface area contributed by atoms with E-state index in [1.165, 1.54) is 17.4 Å². The van der Waals surface area contributed by atoms with Crippen molar-refractivity contribution in [2.45, 2.75) is 25.7 Å². The van der Waals surface area contributed by atoms with Gasteiger partial charge in [-0.2, -0.15) is 0 Å². The van der Waals surface area contributed by atoms with E-state index >= 15 is 0 Å². The van der Waals surface area contributed by atoms with E-state index in [-0.39, 0.29) is 24.6 Å². The number of thiophene rings is 1. The minimum Gasteiger partial charge on any atom is -0.366 e. The van der Waals surface area contributed by atoms with Crippen molar-refractivity contribution >= 4 is 22.9 Å². The van der Waals surface area contributed by atoms with Crippen LogP contribution in [0.1, 0.15) is 23.5 Å². The first-order valence-corrected chi connectivity index (χ1v) is 7.13. The quantitative estimate of drug-likeness (QED) is 0.900. The number of halogens is 2. The predicted octanol–water partition coefficient (Wildman–Crippen LogP) is 4.15. The third-order valence-corrected chi connectivity index (χ3v) is 4.02. The number of ether oxygens (including phenoxy) is 1. The lowest BCUT2D eigenvalue weighted by Crippen LogP contribution is -2.26. The Morgan fingerprint density at radius 1 is 1.32 bits per heavy atom. The van der Waals surface area contributed by atoms with Gasteiger partial charge in [-0.15, -0.1) is 11.3 Å². The van der Waals surface area contributed by atoms with Gasteiger partial charge in [0.25, 0.3) is 0 Å². The van der Waals surface area contributed by atoms with Gasteiger partial charge in [0, 0.05) is 16.5 Å². The molecule has 1 aromatic heterocycles. The highest BCUT2D eigenvalue weighted by molar-refractivity contribution is 7.16. The van der Waals surface area contributed by atoms with Crippen molar-refractivity contribution in [2.24, 2.45) is 5.73 Å². The molecule has 0 saturated carbocycles. The Hall–Kier alpha value is -0.940. The first-order chi connectivity index (χ1) is 9.08. The van der Waals surface area contributed by atoms with Crippen LogP contribution in [0.2, 0.25) is 4.34 Å². The van der Waals surface area contributed by atoms with Gasteiger partial charge >= 0.3 is 0 Å². The molecule has 0 amide bonds. The molecule has 1 heterocycles. The first kappa shape index (κ1) is 14.5. The molecule has 5 heteroatoms. The largest absolute Gasteiger partial charge is 0.366 e. The van der Waals surface area contributed by atoms with Gasteiger partial charge in [0.1, 0.15) is 11.9 Å². The van der Waals surface area contributed by atoms with Crippen molar-refractivity contribution in [1.82, 2.24) is 0 Å². The Bertz CT molecular complexity index is 544. The molecule has 0 spiro atoms. The molecule has 19 heavy (non-hydrogen) atoms. The highest BCUT2D eigenvalue weighted by Gasteiger charge is 2.19. The summed E-state index contributed by atoms with van der Waals surface area (Å²) >= 11 is 7.34. The molecule has 0 fully saturated rings. The average Bonchev–Trinajstić information content (AvgIpc) is 2.78. The summed E-state index contributed by atoms with van der Waals surface area (Å²) in [5.41, 5.74) is 6.45. The molecule has 2 N–H and O–H groups in total. The molecular formula is C14H15ClFNOS. The van der Waals surface area contributed by atoms with Gasteiger partial charge in [-0.25, -0.2) is 4.39 Å². The van der Waals surface area contributed by atoms with E-state index in [0.29, 0.717) is 9.90 Å². The lowest BCUT2D eigenvalue weighted by Gasteiger charge is -2.20. The van der Waals surface area contributed by atoms with Gasteiger partial charge in [-0.1, -0.05) is 29.8 Å². The zero-order valence-electron chi connectivity index (χ0n) is 10.5. The normalized spacial score (nSPS) is 14.3. The van der Waals surface area contributed by atoms with Crippen LogP contribution in [0, 0.1) is 5.82 Å². The monoisotopic (exact) mass is 299 g/mol. The molecule has 0 aliphatic carbocycles. The molecule has 0 saturated heterocycles. The zero-order valence-corrected chi connectivity index (χ0v) is 12.0. The minimum absolute atomic E-state index is 0.189. The Morgan fingerprint density at radius 2 is 2.05 bits per heavy atom.